The molecule has 0 saturated carbocycles. The SMILES string of the molecule is CCCCC1CN(C(=O)OC(C)(C)C)CCC1(O)O. The molecule has 0 aliphatic carbocycles. The standard InChI is InChI=1S/C14H27NO4/c1-5-6-7-11-10-15(9-8-14(11,17)18)12(16)19-13(2,3)4/h11,17-18H,5-10H2,1-4H3. The first kappa shape index (κ1) is 16.2. The second kappa shape index (κ2) is 6.09. The highest BCUT2D eigenvalue weighted by Gasteiger charge is 2.41. The van der Waals surface area contributed by atoms with Crippen molar-refractivity contribution in [2.75, 3.05) is 13.1 Å². The Labute approximate surface area is 115 Å². The first-order valence-corrected chi connectivity index (χ1v) is 7.08. The van der Waals surface area contributed by atoms with E-state index in [1.165, 1.54) is 0 Å². The molecule has 1 heterocycles. The van der Waals surface area contributed by atoms with Crippen molar-refractivity contribution in [2.45, 2.75) is 64.8 Å². The third-order valence-corrected chi connectivity index (χ3v) is 3.40. The Bertz CT molecular complexity index is 309. The normalized spacial score (nSPS) is 23.3. The lowest BCUT2D eigenvalue weighted by molar-refractivity contribution is -0.224. The molecule has 112 valence electrons. The maximum absolute atomic E-state index is 12.0. The molecule has 1 rings (SSSR count). The van der Waals surface area contributed by atoms with Crippen molar-refractivity contribution in [3.8, 4) is 0 Å². The molecule has 1 atom stereocenters. The summed E-state index contributed by atoms with van der Waals surface area (Å²) in [7, 11) is 0. The Hall–Kier alpha value is -0.810. The van der Waals surface area contributed by atoms with Crippen LogP contribution in [0.2, 0.25) is 0 Å². The topological polar surface area (TPSA) is 70.0 Å². The van der Waals surface area contributed by atoms with Crippen LogP contribution in [0.15, 0.2) is 0 Å². The fourth-order valence-electron chi connectivity index (χ4n) is 2.27. The fourth-order valence-corrected chi connectivity index (χ4v) is 2.27. The summed E-state index contributed by atoms with van der Waals surface area (Å²) in [5.74, 6) is -1.96. The maximum atomic E-state index is 12.0. The van der Waals surface area contributed by atoms with E-state index in [2.05, 4.69) is 6.92 Å². The van der Waals surface area contributed by atoms with E-state index in [-0.39, 0.29) is 18.4 Å². The van der Waals surface area contributed by atoms with Crippen LogP contribution in [0.5, 0.6) is 0 Å². The summed E-state index contributed by atoms with van der Waals surface area (Å²) in [5.41, 5.74) is -0.525. The minimum Gasteiger partial charge on any atom is -0.444 e. The van der Waals surface area contributed by atoms with Gasteiger partial charge in [-0.25, -0.2) is 4.79 Å². The molecule has 0 spiro atoms. The van der Waals surface area contributed by atoms with Crippen LogP contribution in [0.4, 0.5) is 4.79 Å². The van der Waals surface area contributed by atoms with E-state index in [4.69, 9.17) is 4.74 Å². The van der Waals surface area contributed by atoms with Crippen molar-refractivity contribution in [1.82, 2.24) is 4.90 Å². The van der Waals surface area contributed by atoms with E-state index in [1.54, 1.807) is 4.90 Å². The third-order valence-electron chi connectivity index (χ3n) is 3.40. The van der Waals surface area contributed by atoms with Gasteiger partial charge in [0.2, 0.25) is 0 Å². The van der Waals surface area contributed by atoms with Gasteiger partial charge in [0.25, 0.3) is 0 Å². The molecular formula is C14H27NO4. The Balaban J connectivity index is 2.61. The van der Waals surface area contributed by atoms with Crippen molar-refractivity contribution in [3.63, 3.8) is 0 Å². The molecule has 19 heavy (non-hydrogen) atoms. The van der Waals surface area contributed by atoms with Crippen molar-refractivity contribution >= 4 is 6.09 Å². The monoisotopic (exact) mass is 273 g/mol. The molecule has 5 nitrogen and oxygen atoms in total. The van der Waals surface area contributed by atoms with Gasteiger partial charge in [0.15, 0.2) is 5.79 Å². The summed E-state index contributed by atoms with van der Waals surface area (Å²) < 4.78 is 5.32. The van der Waals surface area contributed by atoms with E-state index in [1.807, 2.05) is 20.8 Å². The number of nitrogens with zero attached hydrogens (tertiary/aromatic N) is 1. The average Bonchev–Trinajstić information content (AvgIpc) is 2.24. The molecule has 0 aromatic heterocycles. The number of unbranched alkanes of at least 4 members (excludes halogenated alkanes) is 1. The highest BCUT2D eigenvalue weighted by molar-refractivity contribution is 5.68. The van der Waals surface area contributed by atoms with Gasteiger partial charge in [-0.3, -0.25) is 0 Å². The van der Waals surface area contributed by atoms with Gasteiger partial charge >= 0.3 is 6.09 Å². The Morgan fingerprint density at radius 2 is 2.05 bits per heavy atom. The van der Waals surface area contributed by atoms with Crippen LogP contribution in [0.25, 0.3) is 0 Å². The van der Waals surface area contributed by atoms with Crippen molar-refractivity contribution in [1.29, 1.82) is 0 Å². The van der Waals surface area contributed by atoms with Gasteiger partial charge in [0.1, 0.15) is 5.60 Å². The molecule has 0 radical (unpaired) electrons. The molecule has 2 N–H and O–H groups in total. The zero-order valence-electron chi connectivity index (χ0n) is 12.5. The van der Waals surface area contributed by atoms with E-state index in [9.17, 15) is 15.0 Å². The van der Waals surface area contributed by atoms with E-state index < -0.39 is 11.4 Å². The second-order valence-electron chi connectivity index (χ2n) is 6.39. The molecule has 1 unspecified atom stereocenters. The van der Waals surface area contributed by atoms with Gasteiger partial charge in [0, 0.05) is 25.4 Å². The number of aliphatic hydroxyl groups is 2. The Kier molecular flexibility index (Phi) is 5.21. The van der Waals surface area contributed by atoms with Gasteiger partial charge < -0.3 is 19.8 Å². The highest BCUT2D eigenvalue weighted by Crippen LogP contribution is 2.30. The Morgan fingerprint density at radius 1 is 1.42 bits per heavy atom. The lowest BCUT2D eigenvalue weighted by Crippen LogP contribution is -2.54. The third kappa shape index (κ3) is 4.99. The largest absolute Gasteiger partial charge is 0.444 e. The Morgan fingerprint density at radius 3 is 2.58 bits per heavy atom. The molecule has 0 bridgehead atoms. The number of carbonyl (C=O) groups excluding carboxylic acids is 1. The van der Waals surface area contributed by atoms with Crippen LogP contribution in [0, 0.1) is 5.92 Å². The molecule has 1 saturated heterocycles. The maximum Gasteiger partial charge on any atom is 0.410 e. The molecule has 1 aliphatic rings. The number of hydrogen-bond donors (Lipinski definition) is 2. The predicted octanol–water partition coefficient (Wildman–Crippen LogP) is 2.11. The molecule has 0 aromatic carbocycles. The van der Waals surface area contributed by atoms with Crippen molar-refractivity contribution in [3.05, 3.63) is 0 Å². The summed E-state index contributed by atoms with van der Waals surface area (Å²) in [5, 5.41) is 19.9. The lowest BCUT2D eigenvalue weighted by atomic mass is 9.87. The molecule has 1 aliphatic heterocycles. The van der Waals surface area contributed by atoms with Gasteiger partial charge in [0.05, 0.1) is 0 Å². The predicted molar refractivity (Wildman–Crippen MR) is 72.6 cm³/mol. The van der Waals surface area contributed by atoms with Gasteiger partial charge in [-0.05, 0) is 27.2 Å². The van der Waals surface area contributed by atoms with Crippen molar-refractivity contribution < 1.29 is 19.7 Å². The summed E-state index contributed by atoms with van der Waals surface area (Å²) in [6.07, 6.45) is 2.45. The minimum atomic E-state index is -1.66. The van der Waals surface area contributed by atoms with E-state index in [0.29, 0.717) is 19.5 Å². The van der Waals surface area contributed by atoms with Crippen LogP contribution in [0.3, 0.4) is 0 Å². The summed E-state index contributed by atoms with van der Waals surface area (Å²) in [6.45, 7) is 8.21. The molecule has 5 heteroatoms. The van der Waals surface area contributed by atoms with Crippen LogP contribution >= 0.6 is 0 Å². The van der Waals surface area contributed by atoms with Crippen LogP contribution < -0.4 is 0 Å². The zero-order chi connectivity index (χ0) is 14.7. The summed E-state index contributed by atoms with van der Waals surface area (Å²) in [4.78, 5) is 13.6. The molecule has 1 fully saturated rings. The van der Waals surface area contributed by atoms with Gasteiger partial charge in [-0.2, -0.15) is 0 Å². The second-order valence-corrected chi connectivity index (χ2v) is 6.39. The number of piperidine rings is 1. The molecular weight excluding hydrogens is 246 g/mol. The van der Waals surface area contributed by atoms with Crippen molar-refractivity contribution in [2.24, 2.45) is 5.92 Å². The lowest BCUT2D eigenvalue weighted by Gasteiger charge is -2.41. The average molecular weight is 273 g/mol. The molecule has 0 aromatic rings. The smallest absolute Gasteiger partial charge is 0.410 e. The number of rotatable bonds is 3. The van der Waals surface area contributed by atoms with E-state index >= 15 is 0 Å². The van der Waals surface area contributed by atoms with Gasteiger partial charge in [-0.1, -0.05) is 19.8 Å². The molecule has 1 amide bonds. The summed E-state index contributed by atoms with van der Waals surface area (Å²) in [6, 6.07) is 0. The van der Waals surface area contributed by atoms with E-state index in [0.717, 1.165) is 12.8 Å². The fraction of sp³-hybridized carbons (Fsp3) is 0.929. The number of carbonyl (C=O) groups is 1. The number of likely N-dealkylation sites (tertiary alicyclic amines) is 1. The highest BCUT2D eigenvalue weighted by atomic mass is 16.6. The van der Waals surface area contributed by atoms with Crippen LogP contribution in [0.1, 0.15) is 53.4 Å². The summed E-state index contributed by atoms with van der Waals surface area (Å²) >= 11 is 0. The number of hydrogen-bond acceptors (Lipinski definition) is 4. The van der Waals surface area contributed by atoms with Crippen LogP contribution in [-0.4, -0.2) is 45.7 Å². The first-order valence-electron chi connectivity index (χ1n) is 7.08. The number of amides is 1. The van der Waals surface area contributed by atoms with Gasteiger partial charge in [-0.15, -0.1) is 0 Å². The number of ether oxygens (including phenoxy) is 1. The first-order chi connectivity index (χ1) is 8.65. The zero-order valence-corrected chi connectivity index (χ0v) is 12.5. The minimum absolute atomic E-state index is 0.181. The quantitative estimate of drug-likeness (QED) is 0.773. The van der Waals surface area contributed by atoms with Crippen LogP contribution in [-0.2, 0) is 4.74 Å².